The standard InChI is InChI=1S/C14H30NO2P/c1-6-8-10-18(17,11-9-7-2)14(4,5)12-13(3)15-16/h16H,6-12H2,1-5H3. The summed E-state index contributed by atoms with van der Waals surface area (Å²) < 4.78 is 13.3. The molecule has 0 rings (SSSR count). The molecule has 0 aliphatic rings. The van der Waals surface area contributed by atoms with E-state index < -0.39 is 7.14 Å². The van der Waals surface area contributed by atoms with Crippen LogP contribution in [0, 0.1) is 0 Å². The van der Waals surface area contributed by atoms with Crippen molar-refractivity contribution >= 4 is 12.9 Å². The molecule has 18 heavy (non-hydrogen) atoms. The molecule has 3 nitrogen and oxygen atoms in total. The molecule has 0 saturated carbocycles. The molecular formula is C14H30NO2P. The lowest BCUT2D eigenvalue weighted by Crippen LogP contribution is -2.27. The maximum atomic E-state index is 13.3. The highest BCUT2D eigenvalue weighted by Crippen LogP contribution is 2.60. The molecule has 0 heterocycles. The summed E-state index contributed by atoms with van der Waals surface area (Å²) in [6.07, 6.45) is 6.50. The molecule has 108 valence electrons. The van der Waals surface area contributed by atoms with Gasteiger partial charge in [-0.1, -0.05) is 45.7 Å². The predicted octanol–water partition coefficient (Wildman–Crippen LogP) is 4.97. The first-order valence-electron chi connectivity index (χ1n) is 7.08. The first-order chi connectivity index (χ1) is 8.33. The van der Waals surface area contributed by atoms with Crippen molar-refractivity contribution in [3.05, 3.63) is 0 Å². The maximum Gasteiger partial charge on any atom is 0.0934 e. The van der Waals surface area contributed by atoms with Crippen molar-refractivity contribution in [1.82, 2.24) is 0 Å². The molecular weight excluding hydrogens is 245 g/mol. The van der Waals surface area contributed by atoms with Gasteiger partial charge in [-0.05, 0) is 19.8 Å². The number of unbranched alkanes of at least 4 members (excludes halogenated alkanes) is 2. The van der Waals surface area contributed by atoms with Gasteiger partial charge in [0.15, 0.2) is 0 Å². The van der Waals surface area contributed by atoms with Gasteiger partial charge in [0.05, 0.1) is 12.9 Å². The minimum atomic E-state index is -2.21. The van der Waals surface area contributed by atoms with Crippen molar-refractivity contribution < 1.29 is 9.77 Å². The van der Waals surface area contributed by atoms with Crippen LogP contribution in [0.3, 0.4) is 0 Å². The van der Waals surface area contributed by atoms with Crippen molar-refractivity contribution in [1.29, 1.82) is 0 Å². The Hall–Kier alpha value is -0.300. The number of hydrogen-bond donors (Lipinski definition) is 1. The monoisotopic (exact) mass is 275 g/mol. The van der Waals surface area contributed by atoms with Crippen molar-refractivity contribution in [3.63, 3.8) is 0 Å². The van der Waals surface area contributed by atoms with Crippen LogP contribution in [0.15, 0.2) is 5.16 Å². The Kier molecular flexibility index (Phi) is 7.86. The topological polar surface area (TPSA) is 49.7 Å². The third-order valence-electron chi connectivity index (χ3n) is 3.71. The molecule has 0 aromatic carbocycles. The molecule has 4 heteroatoms. The fourth-order valence-corrected chi connectivity index (χ4v) is 5.96. The normalized spacial score (nSPS) is 13.9. The third kappa shape index (κ3) is 5.14. The highest BCUT2D eigenvalue weighted by molar-refractivity contribution is 7.65. The van der Waals surface area contributed by atoms with E-state index in [1.165, 1.54) is 0 Å². The summed E-state index contributed by atoms with van der Waals surface area (Å²) in [4.78, 5) is 0. The Morgan fingerprint density at radius 2 is 1.61 bits per heavy atom. The molecule has 0 aliphatic carbocycles. The van der Waals surface area contributed by atoms with Gasteiger partial charge in [-0.15, -0.1) is 0 Å². The Bertz CT molecular complexity index is 299. The third-order valence-corrected chi connectivity index (χ3v) is 8.15. The highest BCUT2D eigenvalue weighted by atomic mass is 31.2. The molecule has 0 unspecified atom stereocenters. The zero-order chi connectivity index (χ0) is 14.2. The van der Waals surface area contributed by atoms with Crippen molar-refractivity contribution in [2.24, 2.45) is 5.16 Å². The Balaban J connectivity index is 4.96. The summed E-state index contributed by atoms with van der Waals surface area (Å²) in [5.41, 5.74) is 0.674. The lowest BCUT2D eigenvalue weighted by Gasteiger charge is -2.35. The zero-order valence-electron chi connectivity index (χ0n) is 12.7. The summed E-state index contributed by atoms with van der Waals surface area (Å²) in [6, 6.07) is 0. The predicted molar refractivity (Wildman–Crippen MR) is 80.7 cm³/mol. The minimum Gasteiger partial charge on any atom is -0.411 e. The van der Waals surface area contributed by atoms with E-state index in [1.807, 2.05) is 0 Å². The van der Waals surface area contributed by atoms with E-state index in [9.17, 15) is 4.57 Å². The lowest BCUT2D eigenvalue weighted by molar-refractivity contribution is 0.316. The van der Waals surface area contributed by atoms with E-state index in [4.69, 9.17) is 5.21 Å². The van der Waals surface area contributed by atoms with Gasteiger partial charge >= 0.3 is 0 Å². The van der Waals surface area contributed by atoms with Crippen LogP contribution in [-0.2, 0) is 4.57 Å². The smallest absolute Gasteiger partial charge is 0.0934 e. The fourth-order valence-electron chi connectivity index (χ4n) is 2.35. The van der Waals surface area contributed by atoms with E-state index in [2.05, 4.69) is 32.9 Å². The van der Waals surface area contributed by atoms with Gasteiger partial charge in [-0.3, -0.25) is 0 Å². The first kappa shape index (κ1) is 17.7. The highest BCUT2D eigenvalue weighted by Gasteiger charge is 2.39. The molecule has 0 bridgehead atoms. The molecule has 0 amide bonds. The molecule has 0 aromatic heterocycles. The second-order valence-corrected chi connectivity index (χ2v) is 9.75. The number of rotatable bonds is 9. The van der Waals surface area contributed by atoms with Gasteiger partial charge in [-0.2, -0.15) is 0 Å². The van der Waals surface area contributed by atoms with Crippen LogP contribution < -0.4 is 0 Å². The van der Waals surface area contributed by atoms with Crippen LogP contribution in [0.2, 0.25) is 0 Å². The van der Waals surface area contributed by atoms with Crippen LogP contribution in [-0.4, -0.2) is 28.4 Å². The largest absolute Gasteiger partial charge is 0.411 e. The van der Waals surface area contributed by atoms with Crippen LogP contribution in [0.1, 0.15) is 66.7 Å². The Morgan fingerprint density at radius 1 is 1.17 bits per heavy atom. The molecule has 1 N–H and O–H groups in total. The summed E-state index contributed by atoms with van der Waals surface area (Å²) >= 11 is 0. The van der Waals surface area contributed by atoms with Crippen LogP contribution >= 0.6 is 7.14 Å². The van der Waals surface area contributed by atoms with E-state index in [-0.39, 0.29) is 5.16 Å². The molecule has 0 atom stereocenters. The molecule has 0 saturated heterocycles. The molecule has 0 radical (unpaired) electrons. The fraction of sp³-hybridized carbons (Fsp3) is 0.929. The summed E-state index contributed by atoms with van der Waals surface area (Å²) in [5.74, 6) is 0. The van der Waals surface area contributed by atoms with E-state index >= 15 is 0 Å². The Labute approximate surface area is 112 Å². The van der Waals surface area contributed by atoms with E-state index in [0.29, 0.717) is 12.1 Å². The van der Waals surface area contributed by atoms with E-state index in [0.717, 1.165) is 38.0 Å². The van der Waals surface area contributed by atoms with Crippen LogP contribution in [0.25, 0.3) is 0 Å². The summed E-state index contributed by atoms with van der Waals surface area (Å²) in [7, 11) is -2.21. The van der Waals surface area contributed by atoms with Crippen molar-refractivity contribution in [3.8, 4) is 0 Å². The maximum absolute atomic E-state index is 13.3. The number of nitrogens with zero attached hydrogens (tertiary/aromatic N) is 1. The minimum absolute atomic E-state index is 0.256. The molecule has 0 fully saturated rings. The van der Waals surface area contributed by atoms with Crippen LogP contribution in [0.4, 0.5) is 0 Å². The average Bonchev–Trinajstić information content (AvgIpc) is 2.32. The summed E-state index contributed by atoms with van der Waals surface area (Å²) in [6.45, 7) is 10.2. The van der Waals surface area contributed by atoms with Crippen molar-refractivity contribution in [2.45, 2.75) is 71.9 Å². The van der Waals surface area contributed by atoms with Gasteiger partial charge in [-0.25, -0.2) is 0 Å². The molecule has 0 aliphatic heterocycles. The first-order valence-corrected chi connectivity index (χ1v) is 9.16. The Morgan fingerprint density at radius 3 is 1.94 bits per heavy atom. The summed E-state index contributed by atoms with van der Waals surface area (Å²) in [5, 5.41) is 11.8. The van der Waals surface area contributed by atoms with Crippen molar-refractivity contribution in [2.75, 3.05) is 12.3 Å². The van der Waals surface area contributed by atoms with Gasteiger partial charge in [0.1, 0.15) is 0 Å². The quantitative estimate of drug-likeness (QED) is 0.279. The van der Waals surface area contributed by atoms with Gasteiger partial charge in [0.2, 0.25) is 0 Å². The van der Waals surface area contributed by atoms with Gasteiger partial charge in [0, 0.05) is 23.9 Å². The molecule has 0 spiro atoms. The number of oxime groups is 1. The van der Waals surface area contributed by atoms with Crippen LogP contribution in [0.5, 0.6) is 0 Å². The average molecular weight is 275 g/mol. The van der Waals surface area contributed by atoms with E-state index in [1.54, 1.807) is 6.92 Å². The SMILES string of the molecule is CCCCP(=O)(CCCC)C(C)(C)CC(C)=NO. The van der Waals surface area contributed by atoms with Gasteiger partial charge in [0.25, 0.3) is 0 Å². The molecule has 0 aromatic rings. The number of hydrogen-bond acceptors (Lipinski definition) is 3. The second kappa shape index (κ2) is 7.99. The second-order valence-electron chi connectivity index (χ2n) is 5.87. The zero-order valence-corrected chi connectivity index (χ0v) is 13.6. The lowest BCUT2D eigenvalue weighted by atomic mass is 10.1. The van der Waals surface area contributed by atoms with Gasteiger partial charge < -0.3 is 9.77 Å².